The van der Waals surface area contributed by atoms with Crippen LogP contribution in [-0.2, 0) is 11.2 Å². The van der Waals surface area contributed by atoms with Crippen LogP contribution in [0.2, 0.25) is 0 Å². The van der Waals surface area contributed by atoms with Gasteiger partial charge in [0.25, 0.3) is 0 Å². The molecule has 0 radical (unpaired) electrons. The molecule has 5 atom stereocenters. The van der Waals surface area contributed by atoms with Crippen LogP contribution in [0, 0.1) is 6.92 Å². The SMILES string of the molecule is CCc1cc2c(=O)c(-c3ccc4c(c3)OCO4)c(C)oc2cc1O[C@H]1O[C@H](CO)[C@@H](O)[C@@H](O)[C@H]1O. The van der Waals surface area contributed by atoms with E-state index in [1.807, 2.05) is 6.92 Å². The number of rotatable bonds is 5. The van der Waals surface area contributed by atoms with E-state index in [4.69, 9.17) is 23.4 Å². The van der Waals surface area contributed by atoms with Crippen molar-refractivity contribution in [3.8, 4) is 28.4 Å². The monoisotopic (exact) mass is 486 g/mol. The molecule has 0 spiro atoms. The number of benzene rings is 2. The molecule has 10 heteroatoms. The van der Waals surface area contributed by atoms with Crippen LogP contribution < -0.4 is 19.6 Å². The van der Waals surface area contributed by atoms with Gasteiger partial charge in [0.1, 0.15) is 41.5 Å². The molecule has 1 aromatic heterocycles. The molecule has 2 aliphatic rings. The van der Waals surface area contributed by atoms with E-state index in [9.17, 15) is 25.2 Å². The number of hydrogen-bond acceptors (Lipinski definition) is 10. The first-order valence-corrected chi connectivity index (χ1v) is 11.3. The van der Waals surface area contributed by atoms with Crippen molar-refractivity contribution < 1.29 is 43.8 Å². The second-order valence-corrected chi connectivity index (χ2v) is 8.56. The molecule has 35 heavy (non-hydrogen) atoms. The molecule has 10 nitrogen and oxygen atoms in total. The molecule has 0 saturated carbocycles. The summed E-state index contributed by atoms with van der Waals surface area (Å²) in [6, 6.07) is 8.46. The zero-order valence-corrected chi connectivity index (χ0v) is 19.1. The lowest BCUT2D eigenvalue weighted by Crippen LogP contribution is -2.60. The maximum absolute atomic E-state index is 13.5. The minimum atomic E-state index is -1.57. The average molecular weight is 486 g/mol. The number of aliphatic hydroxyl groups excluding tert-OH is 4. The summed E-state index contributed by atoms with van der Waals surface area (Å²) >= 11 is 0. The van der Waals surface area contributed by atoms with Gasteiger partial charge in [-0.05, 0) is 42.7 Å². The molecule has 2 aliphatic heterocycles. The van der Waals surface area contributed by atoms with Gasteiger partial charge in [0.05, 0.1) is 17.6 Å². The van der Waals surface area contributed by atoms with E-state index in [0.29, 0.717) is 45.8 Å². The highest BCUT2D eigenvalue weighted by molar-refractivity contribution is 5.85. The molecule has 4 N–H and O–H groups in total. The van der Waals surface area contributed by atoms with Gasteiger partial charge >= 0.3 is 0 Å². The van der Waals surface area contributed by atoms with Gasteiger partial charge in [0.15, 0.2) is 11.5 Å². The van der Waals surface area contributed by atoms with E-state index in [-0.39, 0.29) is 23.6 Å². The van der Waals surface area contributed by atoms with Crippen molar-refractivity contribution in [1.29, 1.82) is 0 Å². The van der Waals surface area contributed by atoms with Crippen LogP contribution in [-0.4, -0.2) is 64.5 Å². The van der Waals surface area contributed by atoms with Crippen molar-refractivity contribution in [3.05, 3.63) is 51.9 Å². The Hall–Kier alpha value is -3.15. The van der Waals surface area contributed by atoms with Crippen molar-refractivity contribution in [3.63, 3.8) is 0 Å². The first kappa shape index (κ1) is 23.6. The highest BCUT2D eigenvalue weighted by atomic mass is 16.7. The fourth-order valence-electron chi connectivity index (χ4n) is 4.44. The van der Waals surface area contributed by atoms with Crippen LogP contribution in [0.15, 0.2) is 39.5 Å². The topological polar surface area (TPSA) is 148 Å². The number of fused-ring (bicyclic) bond motifs is 2. The average Bonchev–Trinajstić information content (AvgIpc) is 3.32. The Morgan fingerprint density at radius 2 is 1.80 bits per heavy atom. The van der Waals surface area contributed by atoms with E-state index >= 15 is 0 Å². The smallest absolute Gasteiger partial charge is 0.231 e. The first-order valence-electron chi connectivity index (χ1n) is 11.3. The van der Waals surface area contributed by atoms with E-state index in [1.54, 1.807) is 31.2 Å². The molecule has 1 saturated heterocycles. The van der Waals surface area contributed by atoms with Gasteiger partial charge in [0.2, 0.25) is 18.5 Å². The standard InChI is InChI=1S/C25H26O10/c1-3-12-6-14-17(8-16(12)34-25-24(30)23(29)22(28)19(9-26)35-25)33-11(2)20(21(14)27)13-4-5-15-18(7-13)32-10-31-15/h4-8,19,22-26,28-30H,3,9-10H2,1-2H3/t19-,22-,23-,24-,25+/m1/s1. The lowest BCUT2D eigenvalue weighted by molar-refractivity contribution is -0.277. The number of aliphatic hydroxyl groups is 4. The molecule has 5 rings (SSSR count). The van der Waals surface area contributed by atoms with Gasteiger partial charge in [0, 0.05) is 6.07 Å². The van der Waals surface area contributed by atoms with Crippen molar-refractivity contribution in [2.75, 3.05) is 13.4 Å². The lowest BCUT2D eigenvalue weighted by atomic mass is 9.99. The third-order valence-corrected chi connectivity index (χ3v) is 6.38. The molecule has 0 amide bonds. The summed E-state index contributed by atoms with van der Waals surface area (Å²) in [4.78, 5) is 13.5. The van der Waals surface area contributed by atoms with Gasteiger partial charge in [-0.3, -0.25) is 4.79 Å². The summed E-state index contributed by atoms with van der Waals surface area (Å²) in [5.41, 5.74) is 1.73. The molecule has 1 fully saturated rings. The minimum Gasteiger partial charge on any atom is -0.462 e. The van der Waals surface area contributed by atoms with Gasteiger partial charge in [-0.1, -0.05) is 13.0 Å². The summed E-state index contributed by atoms with van der Waals surface area (Å²) in [5, 5.41) is 40.2. The van der Waals surface area contributed by atoms with E-state index < -0.39 is 37.3 Å². The Morgan fingerprint density at radius 1 is 1.03 bits per heavy atom. The quantitative estimate of drug-likeness (QED) is 0.415. The van der Waals surface area contributed by atoms with Crippen LogP contribution >= 0.6 is 0 Å². The second-order valence-electron chi connectivity index (χ2n) is 8.56. The van der Waals surface area contributed by atoms with Crippen LogP contribution in [0.25, 0.3) is 22.1 Å². The van der Waals surface area contributed by atoms with Crippen LogP contribution in [0.4, 0.5) is 0 Å². The van der Waals surface area contributed by atoms with Crippen LogP contribution in [0.3, 0.4) is 0 Å². The summed E-state index contributed by atoms with van der Waals surface area (Å²) < 4.78 is 28.1. The third kappa shape index (κ3) is 4.03. The molecular formula is C25H26O10. The predicted octanol–water partition coefficient (Wildman–Crippen LogP) is 1.24. The Morgan fingerprint density at radius 3 is 2.54 bits per heavy atom. The Kier molecular flexibility index (Phi) is 6.16. The summed E-state index contributed by atoms with van der Waals surface area (Å²) in [6.45, 7) is 3.11. The second kappa shape index (κ2) is 9.14. The molecule has 3 heterocycles. The van der Waals surface area contributed by atoms with E-state index in [2.05, 4.69) is 0 Å². The molecule has 0 unspecified atom stereocenters. The van der Waals surface area contributed by atoms with E-state index in [0.717, 1.165) is 0 Å². The number of hydrogen-bond donors (Lipinski definition) is 4. The molecule has 2 aromatic carbocycles. The third-order valence-electron chi connectivity index (χ3n) is 6.38. The molecular weight excluding hydrogens is 460 g/mol. The number of ether oxygens (including phenoxy) is 4. The van der Waals surface area contributed by atoms with Crippen molar-refractivity contribution >= 4 is 11.0 Å². The molecule has 0 aliphatic carbocycles. The fraction of sp³-hybridized carbons (Fsp3) is 0.400. The number of aryl methyl sites for hydroxylation is 2. The Balaban J connectivity index is 1.54. The first-order chi connectivity index (χ1) is 16.8. The normalized spacial score (nSPS) is 25.7. The Bertz CT molecular complexity index is 1310. The lowest BCUT2D eigenvalue weighted by Gasteiger charge is -2.39. The molecule has 3 aromatic rings. The maximum Gasteiger partial charge on any atom is 0.231 e. The predicted molar refractivity (Wildman–Crippen MR) is 123 cm³/mol. The summed E-state index contributed by atoms with van der Waals surface area (Å²) in [7, 11) is 0. The van der Waals surface area contributed by atoms with Gasteiger partial charge in [-0.2, -0.15) is 0 Å². The van der Waals surface area contributed by atoms with Crippen molar-refractivity contribution in [1.82, 2.24) is 0 Å². The van der Waals surface area contributed by atoms with Gasteiger partial charge in [-0.25, -0.2) is 0 Å². The summed E-state index contributed by atoms with van der Waals surface area (Å²) in [6.07, 6.45) is -6.60. The van der Waals surface area contributed by atoms with Gasteiger partial charge in [-0.15, -0.1) is 0 Å². The van der Waals surface area contributed by atoms with Crippen molar-refractivity contribution in [2.45, 2.75) is 51.0 Å². The highest BCUT2D eigenvalue weighted by Crippen LogP contribution is 2.37. The molecule has 186 valence electrons. The highest BCUT2D eigenvalue weighted by Gasteiger charge is 2.45. The van der Waals surface area contributed by atoms with Gasteiger partial charge < -0.3 is 43.8 Å². The maximum atomic E-state index is 13.5. The minimum absolute atomic E-state index is 0.126. The van der Waals surface area contributed by atoms with E-state index in [1.165, 1.54) is 6.07 Å². The zero-order chi connectivity index (χ0) is 24.9. The van der Waals surface area contributed by atoms with Crippen molar-refractivity contribution in [2.24, 2.45) is 0 Å². The Labute approximate surface area is 199 Å². The fourth-order valence-corrected chi connectivity index (χ4v) is 4.44. The zero-order valence-electron chi connectivity index (χ0n) is 19.1. The summed E-state index contributed by atoms with van der Waals surface area (Å²) in [5.74, 6) is 1.84. The van der Waals surface area contributed by atoms with Crippen LogP contribution in [0.5, 0.6) is 17.2 Å². The van der Waals surface area contributed by atoms with Crippen LogP contribution in [0.1, 0.15) is 18.2 Å². The molecule has 0 bridgehead atoms. The largest absolute Gasteiger partial charge is 0.462 e.